The average molecular weight is 191 g/mol. The zero-order valence-corrected chi connectivity index (χ0v) is 7.53. The van der Waals surface area contributed by atoms with E-state index in [4.69, 9.17) is 0 Å². The first-order valence-electron chi connectivity index (χ1n) is 3.17. The molecule has 1 aromatic rings. The lowest BCUT2D eigenvalue weighted by atomic mass is 10.8. The van der Waals surface area contributed by atoms with Crippen LogP contribution in [0.5, 0.6) is 0 Å². The summed E-state index contributed by atoms with van der Waals surface area (Å²) in [5.41, 5.74) is 0. The van der Waals surface area contributed by atoms with E-state index >= 15 is 0 Å². The number of ether oxygens (including phenoxy) is 1. The van der Waals surface area contributed by atoms with Crippen LogP contribution < -0.4 is 0 Å². The van der Waals surface area contributed by atoms with Crippen LogP contribution in [0.15, 0.2) is 24.8 Å². The van der Waals surface area contributed by atoms with Crippen LogP contribution in [0.4, 0.5) is 0 Å². The molecular weight excluding hydrogens is 180 g/mol. The molecule has 0 atom stereocenters. The zero-order chi connectivity index (χ0) is 8.36. The highest BCUT2D eigenvalue weighted by Gasteiger charge is 1.61. The minimum absolute atomic E-state index is 0. The van der Waals surface area contributed by atoms with E-state index < -0.39 is 0 Å². The first-order valence-corrected chi connectivity index (χ1v) is 3.17. The van der Waals surface area contributed by atoms with Gasteiger partial charge in [0.15, 0.2) is 0 Å². The third kappa shape index (κ3) is 11.6. The number of hydrogen-bond donors (Lipinski definition) is 0. The highest BCUT2D eigenvalue weighted by molar-refractivity contribution is 5.85. The Morgan fingerprint density at radius 3 is 1.75 bits per heavy atom. The Bertz CT molecular complexity index is 146. The Balaban J connectivity index is 0. The van der Waals surface area contributed by atoms with Crippen LogP contribution in [0.2, 0.25) is 0 Å². The van der Waals surface area contributed by atoms with Crippen LogP contribution in [0, 0.1) is 0 Å². The molecule has 0 unspecified atom stereocenters. The minimum Gasteiger partial charge on any atom is -0.468 e. The fourth-order valence-electron chi connectivity index (χ4n) is 0.321. The van der Waals surface area contributed by atoms with Gasteiger partial charge in [-0.3, -0.25) is 14.8 Å². The SMILES string of the molecule is CCOC=O.Cl.c1cnccn1. The van der Waals surface area contributed by atoms with Crippen LogP contribution in [0.25, 0.3) is 0 Å². The summed E-state index contributed by atoms with van der Waals surface area (Å²) < 4.78 is 4.15. The molecule has 0 aliphatic heterocycles. The van der Waals surface area contributed by atoms with Gasteiger partial charge in [-0.05, 0) is 6.92 Å². The summed E-state index contributed by atoms with van der Waals surface area (Å²) in [5.74, 6) is 0. The van der Waals surface area contributed by atoms with Crippen molar-refractivity contribution in [3.8, 4) is 0 Å². The fraction of sp³-hybridized carbons (Fsp3) is 0.286. The third-order valence-corrected chi connectivity index (χ3v) is 0.712. The van der Waals surface area contributed by atoms with Crippen molar-refractivity contribution >= 4 is 18.9 Å². The van der Waals surface area contributed by atoms with Crippen molar-refractivity contribution in [1.82, 2.24) is 9.97 Å². The molecular formula is C7H11ClN2O2. The van der Waals surface area contributed by atoms with Crippen molar-refractivity contribution in [3.05, 3.63) is 24.8 Å². The van der Waals surface area contributed by atoms with Crippen molar-refractivity contribution in [1.29, 1.82) is 0 Å². The minimum atomic E-state index is 0. The molecule has 0 saturated carbocycles. The van der Waals surface area contributed by atoms with Gasteiger partial charge >= 0.3 is 0 Å². The number of carbonyl (C=O) groups is 1. The quantitative estimate of drug-likeness (QED) is 0.655. The Morgan fingerprint density at radius 1 is 1.25 bits per heavy atom. The van der Waals surface area contributed by atoms with Gasteiger partial charge in [0, 0.05) is 24.8 Å². The van der Waals surface area contributed by atoms with Gasteiger partial charge in [-0.2, -0.15) is 0 Å². The van der Waals surface area contributed by atoms with E-state index in [9.17, 15) is 4.79 Å². The van der Waals surface area contributed by atoms with Gasteiger partial charge in [-0.15, -0.1) is 12.4 Å². The van der Waals surface area contributed by atoms with Crippen molar-refractivity contribution in [3.63, 3.8) is 0 Å². The maximum absolute atomic E-state index is 9.18. The van der Waals surface area contributed by atoms with E-state index in [1.54, 1.807) is 31.7 Å². The predicted molar refractivity (Wildman–Crippen MR) is 47.0 cm³/mol. The third-order valence-electron chi connectivity index (χ3n) is 0.712. The molecule has 0 bridgehead atoms. The number of carbonyl (C=O) groups excluding carboxylic acids is 1. The monoisotopic (exact) mass is 190 g/mol. The molecule has 0 amide bonds. The molecule has 1 heterocycles. The average Bonchev–Trinajstić information content (AvgIpc) is 2.10. The molecule has 4 nitrogen and oxygen atoms in total. The highest BCUT2D eigenvalue weighted by Crippen LogP contribution is 1.65. The van der Waals surface area contributed by atoms with E-state index in [1.165, 1.54) is 0 Å². The Hall–Kier alpha value is -1.16. The largest absolute Gasteiger partial charge is 0.468 e. The molecule has 0 saturated heterocycles. The highest BCUT2D eigenvalue weighted by atomic mass is 35.5. The van der Waals surface area contributed by atoms with Crippen molar-refractivity contribution in [2.45, 2.75) is 6.92 Å². The molecule has 12 heavy (non-hydrogen) atoms. The second-order valence-corrected chi connectivity index (χ2v) is 1.45. The summed E-state index contributed by atoms with van der Waals surface area (Å²) in [6.07, 6.45) is 6.56. The van der Waals surface area contributed by atoms with Crippen LogP contribution in [-0.2, 0) is 9.53 Å². The summed E-state index contributed by atoms with van der Waals surface area (Å²) >= 11 is 0. The van der Waals surface area contributed by atoms with E-state index in [0.29, 0.717) is 13.1 Å². The van der Waals surface area contributed by atoms with E-state index in [0.717, 1.165) is 0 Å². The lowest BCUT2D eigenvalue weighted by Gasteiger charge is -1.79. The Kier molecular flexibility index (Phi) is 14.0. The van der Waals surface area contributed by atoms with Crippen LogP contribution in [0.1, 0.15) is 6.92 Å². The summed E-state index contributed by atoms with van der Waals surface area (Å²) in [5, 5.41) is 0. The van der Waals surface area contributed by atoms with Gasteiger partial charge in [0.1, 0.15) is 0 Å². The first-order chi connectivity index (χ1) is 5.41. The zero-order valence-electron chi connectivity index (χ0n) is 6.71. The number of rotatable bonds is 2. The van der Waals surface area contributed by atoms with E-state index in [2.05, 4.69) is 14.7 Å². The molecule has 68 valence electrons. The predicted octanol–water partition coefficient (Wildman–Crippen LogP) is 1.08. The van der Waals surface area contributed by atoms with E-state index in [1.807, 2.05) is 0 Å². The number of hydrogen-bond acceptors (Lipinski definition) is 4. The molecule has 0 aliphatic carbocycles. The molecule has 0 spiro atoms. The normalized spacial score (nSPS) is 6.75. The number of halogens is 1. The van der Waals surface area contributed by atoms with Gasteiger partial charge in [-0.25, -0.2) is 0 Å². The molecule has 0 radical (unpaired) electrons. The van der Waals surface area contributed by atoms with Gasteiger partial charge in [0.05, 0.1) is 6.61 Å². The molecule has 0 aromatic carbocycles. The van der Waals surface area contributed by atoms with Crippen LogP contribution in [0.3, 0.4) is 0 Å². The van der Waals surface area contributed by atoms with Gasteiger partial charge in [0.2, 0.25) is 0 Å². The second-order valence-electron chi connectivity index (χ2n) is 1.45. The first kappa shape index (κ1) is 13.4. The molecule has 5 heteroatoms. The molecule has 1 rings (SSSR count). The van der Waals surface area contributed by atoms with Gasteiger partial charge in [0.25, 0.3) is 6.47 Å². The van der Waals surface area contributed by atoms with Crippen LogP contribution in [-0.4, -0.2) is 23.0 Å². The van der Waals surface area contributed by atoms with E-state index in [-0.39, 0.29) is 12.4 Å². The number of aromatic nitrogens is 2. The maximum Gasteiger partial charge on any atom is 0.293 e. The van der Waals surface area contributed by atoms with Crippen LogP contribution >= 0.6 is 12.4 Å². The Labute approximate surface area is 77.4 Å². The van der Waals surface area contributed by atoms with Crippen molar-refractivity contribution in [2.24, 2.45) is 0 Å². The second kappa shape index (κ2) is 12.5. The molecule has 0 fully saturated rings. The van der Waals surface area contributed by atoms with Gasteiger partial charge < -0.3 is 4.74 Å². The summed E-state index contributed by atoms with van der Waals surface area (Å²) in [7, 11) is 0. The summed E-state index contributed by atoms with van der Waals surface area (Å²) in [4.78, 5) is 16.6. The van der Waals surface area contributed by atoms with Crippen molar-refractivity contribution < 1.29 is 9.53 Å². The molecule has 0 aliphatic rings. The van der Waals surface area contributed by atoms with Crippen molar-refractivity contribution in [2.75, 3.05) is 6.61 Å². The molecule has 0 N–H and O–H groups in total. The fourth-order valence-corrected chi connectivity index (χ4v) is 0.321. The summed E-state index contributed by atoms with van der Waals surface area (Å²) in [6, 6.07) is 0. The van der Waals surface area contributed by atoms with Gasteiger partial charge in [-0.1, -0.05) is 0 Å². The Morgan fingerprint density at radius 2 is 1.67 bits per heavy atom. The summed E-state index contributed by atoms with van der Waals surface area (Å²) in [6.45, 7) is 2.66. The topological polar surface area (TPSA) is 52.1 Å². The number of nitrogens with zero attached hydrogens (tertiary/aromatic N) is 2. The molecule has 1 aromatic heterocycles. The lowest BCUT2D eigenvalue weighted by molar-refractivity contribution is -0.128. The smallest absolute Gasteiger partial charge is 0.293 e. The lowest BCUT2D eigenvalue weighted by Crippen LogP contribution is -1.80. The standard InChI is InChI=1S/C4H4N2.C3H6O2.ClH/c1-2-6-4-3-5-1;1-2-5-3-4;/h1-4H;3H,2H2,1H3;1H. The maximum atomic E-state index is 9.18.